The van der Waals surface area contributed by atoms with Crippen LogP contribution >= 0.6 is 0 Å². The van der Waals surface area contributed by atoms with Crippen LogP contribution in [-0.4, -0.2) is 11.1 Å². The number of hydrogen-bond acceptors (Lipinski definition) is 2. The first-order valence-electron chi connectivity index (χ1n) is 10.4. The summed E-state index contributed by atoms with van der Waals surface area (Å²) in [5.41, 5.74) is 5.33. The first-order valence-corrected chi connectivity index (χ1v) is 10.4. The number of rotatable bonds is 18. The van der Waals surface area contributed by atoms with Crippen LogP contribution in [0.25, 0.3) is 0 Å². The average molecular weight is 340 g/mol. The number of unbranched alkanes of at least 4 members (excludes halogenated alkanes) is 16. The third-order valence-electron chi connectivity index (χ3n) is 4.67. The molecule has 0 aliphatic rings. The molecule has 0 aromatic heterocycles. The Hall–Kier alpha value is -0.990. The van der Waals surface area contributed by atoms with Gasteiger partial charge in [0, 0.05) is 0 Å². The van der Waals surface area contributed by atoms with Crippen molar-refractivity contribution >= 4 is 5.97 Å². The highest BCUT2D eigenvalue weighted by molar-refractivity contribution is 5.85. The maximum Gasteiger partial charge on any atom is 0.351 e. The third-order valence-corrected chi connectivity index (χ3v) is 4.67. The van der Waals surface area contributed by atoms with Gasteiger partial charge in [-0.1, -0.05) is 109 Å². The van der Waals surface area contributed by atoms with Gasteiger partial charge in [-0.3, -0.25) is 0 Å². The number of allylic oxidation sites excluding steroid dienone is 1. The second kappa shape index (κ2) is 18.4. The second-order valence-corrected chi connectivity index (χ2v) is 7.06. The minimum absolute atomic E-state index is 0.0176. The Morgan fingerprint density at radius 2 is 1.04 bits per heavy atom. The molecule has 3 heteroatoms. The predicted octanol–water partition coefficient (Wildman–Crippen LogP) is 6.57. The lowest BCUT2D eigenvalue weighted by atomic mass is 10.0. The van der Waals surface area contributed by atoms with E-state index in [9.17, 15) is 4.79 Å². The maximum atomic E-state index is 10.5. The molecule has 0 spiro atoms. The Labute approximate surface area is 150 Å². The summed E-state index contributed by atoms with van der Waals surface area (Å²) in [6, 6.07) is 0. The van der Waals surface area contributed by atoms with Gasteiger partial charge in [-0.05, 0) is 12.8 Å². The number of carboxylic acids is 1. The van der Waals surface area contributed by atoms with Crippen molar-refractivity contribution in [3.05, 3.63) is 11.8 Å². The van der Waals surface area contributed by atoms with Crippen LogP contribution in [0.1, 0.15) is 116 Å². The Morgan fingerprint density at radius 3 is 1.38 bits per heavy atom. The van der Waals surface area contributed by atoms with Crippen LogP contribution in [0.15, 0.2) is 11.8 Å². The molecular formula is C21H41NO2. The first-order chi connectivity index (χ1) is 11.7. The first kappa shape index (κ1) is 23.0. The van der Waals surface area contributed by atoms with Gasteiger partial charge in [-0.25, -0.2) is 4.79 Å². The number of carbonyl (C=O) groups is 1. The van der Waals surface area contributed by atoms with Crippen LogP contribution in [-0.2, 0) is 4.79 Å². The van der Waals surface area contributed by atoms with Crippen LogP contribution in [0, 0.1) is 0 Å². The minimum atomic E-state index is -1.01. The van der Waals surface area contributed by atoms with Crippen molar-refractivity contribution < 1.29 is 9.90 Å². The van der Waals surface area contributed by atoms with Crippen molar-refractivity contribution in [1.82, 2.24) is 0 Å². The quantitative estimate of drug-likeness (QED) is 0.219. The number of aliphatic carboxylic acids is 1. The van der Waals surface area contributed by atoms with Crippen LogP contribution in [0.4, 0.5) is 0 Å². The topological polar surface area (TPSA) is 63.3 Å². The van der Waals surface area contributed by atoms with E-state index in [1.54, 1.807) is 6.08 Å². The van der Waals surface area contributed by atoms with Gasteiger partial charge in [0.05, 0.1) is 0 Å². The second-order valence-electron chi connectivity index (χ2n) is 7.06. The van der Waals surface area contributed by atoms with Crippen molar-refractivity contribution in [3.63, 3.8) is 0 Å². The van der Waals surface area contributed by atoms with Crippen molar-refractivity contribution in [3.8, 4) is 0 Å². The molecule has 142 valence electrons. The zero-order valence-corrected chi connectivity index (χ0v) is 16.0. The highest BCUT2D eigenvalue weighted by atomic mass is 16.4. The molecule has 3 nitrogen and oxygen atoms in total. The van der Waals surface area contributed by atoms with Crippen molar-refractivity contribution in [2.75, 3.05) is 0 Å². The molecule has 0 aromatic carbocycles. The van der Waals surface area contributed by atoms with Gasteiger partial charge < -0.3 is 10.8 Å². The number of nitrogens with two attached hydrogens (primary N) is 1. The van der Waals surface area contributed by atoms with Crippen LogP contribution < -0.4 is 5.73 Å². The third kappa shape index (κ3) is 17.4. The van der Waals surface area contributed by atoms with E-state index in [2.05, 4.69) is 6.92 Å². The Balaban J connectivity index is 3.10. The van der Waals surface area contributed by atoms with Crippen LogP contribution in [0.5, 0.6) is 0 Å². The summed E-state index contributed by atoms with van der Waals surface area (Å²) in [4.78, 5) is 10.5. The van der Waals surface area contributed by atoms with Crippen molar-refractivity contribution in [2.45, 2.75) is 116 Å². The molecule has 0 heterocycles. The number of hydrogen-bond donors (Lipinski definition) is 2. The van der Waals surface area contributed by atoms with E-state index in [1.807, 2.05) is 0 Å². The fourth-order valence-corrected chi connectivity index (χ4v) is 3.04. The summed E-state index contributed by atoms with van der Waals surface area (Å²) >= 11 is 0. The highest BCUT2D eigenvalue weighted by Gasteiger charge is 1.99. The summed E-state index contributed by atoms with van der Waals surface area (Å²) in [6.07, 6.45) is 24.1. The predicted molar refractivity (Wildman–Crippen MR) is 104 cm³/mol. The zero-order chi connectivity index (χ0) is 17.9. The van der Waals surface area contributed by atoms with E-state index in [0.717, 1.165) is 12.8 Å². The summed E-state index contributed by atoms with van der Waals surface area (Å²) in [5, 5.41) is 8.62. The molecule has 0 aromatic rings. The van der Waals surface area contributed by atoms with Crippen molar-refractivity contribution in [1.29, 1.82) is 0 Å². The molecule has 0 saturated carbocycles. The molecule has 24 heavy (non-hydrogen) atoms. The monoisotopic (exact) mass is 339 g/mol. The van der Waals surface area contributed by atoms with Crippen molar-refractivity contribution in [2.24, 2.45) is 5.73 Å². The fourth-order valence-electron chi connectivity index (χ4n) is 3.04. The van der Waals surface area contributed by atoms with E-state index >= 15 is 0 Å². The van der Waals surface area contributed by atoms with E-state index < -0.39 is 5.97 Å². The number of carboxylic acid groups (broad SMARTS) is 1. The zero-order valence-electron chi connectivity index (χ0n) is 16.0. The summed E-state index contributed by atoms with van der Waals surface area (Å²) in [7, 11) is 0. The van der Waals surface area contributed by atoms with Gasteiger partial charge in [0.1, 0.15) is 5.70 Å². The van der Waals surface area contributed by atoms with E-state index in [4.69, 9.17) is 10.8 Å². The molecule has 0 saturated heterocycles. The fraction of sp³-hybridized carbons (Fsp3) is 0.857. The summed E-state index contributed by atoms with van der Waals surface area (Å²) < 4.78 is 0. The largest absolute Gasteiger partial charge is 0.477 e. The molecule has 0 fully saturated rings. The maximum absolute atomic E-state index is 10.5. The van der Waals surface area contributed by atoms with E-state index in [1.165, 1.54) is 96.3 Å². The lowest BCUT2D eigenvalue weighted by molar-refractivity contribution is -0.132. The van der Waals surface area contributed by atoms with Gasteiger partial charge >= 0.3 is 5.97 Å². The molecule has 0 aliphatic carbocycles. The lowest BCUT2D eigenvalue weighted by Gasteiger charge is -2.03. The lowest BCUT2D eigenvalue weighted by Crippen LogP contribution is -2.09. The van der Waals surface area contributed by atoms with Gasteiger partial charge in [-0.15, -0.1) is 0 Å². The minimum Gasteiger partial charge on any atom is -0.477 e. The van der Waals surface area contributed by atoms with Crippen LogP contribution in [0.3, 0.4) is 0 Å². The van der Waals surface area contributed by atoms with Crippen LogP contribution in [0.2, 0.25) is 0 Å². The highest BCUT2D eigenvalue weighted by Crippen LogP contribution is 2.14. The van der Waals surface area contributed by atoms with Gasteiger partial charge in [-0.2, -0.15) is 0 Å². The summed E-state index contributed by atoms with van der Waals surface area (Å²) in [5.74, 6) is -1.01. The molecule has 0 atom stereocenters. The van der Waals surface area contributed by atoms with Gasteiger partial charge in [0.2, 0.25) is 0 Å². The normalized spacial score (nSPS) is 11.8. The molecule has 0 rings (SSSR count). The van der Waals surface area contributed by atoms with Gasteiger partial charge in [0.15, 0.2) is 0 Å². The van der Waals surface area contributed by atoms with Gasteiger partial charge in [0.25, 0.3) is 0 Å². The summed E-state index contributed by atoms with van der Waals surface area (Å²) in [6.45, 7) is 2.27. The Kier molecular flexibility index (Phi) is 17.6. The molecule has 0 radical (unpaired) electrons. The molecule has 0 bridgehead atoms. The SMILES string of the molecule is CCCCCCCCCCCCCCCCCC/C=C(\N)C(=O)O. The Bertz CT molecular complexity index is 313. The van der Waals surface area contributed by atoms with E-state index in [-0.39, 0.29) is 5.70 Å². The standard InChI is InChI=1S/C21H41NO2/c1-2-3-4-5-6-7-8-9-10-11-12-13-14-15-16-17-18-19-20(22)21(23)24/h19H,2-18,22H2,1H3,(H,23,24)/b20-19-. The Morgan fingerprint density at radius 1 is 0.708 bits per heavy atom. The van der Waals surface area contributed by atoms with E-state index in [0.29, 0.717) is 0 Å². The molecule has 0 aliphatic heterocycles. The molecule has 0 amide bonds. The smallest absolute Gasteiger partial charge is 0.351 e. The molecular weight excluding hydrogens is 298 g/mol. The average Bonchev–Trinajstić information content (AvgIpc) is 2.57. The molecule has 0 unspecified atom stereocenters. The molecule has 3 N–H and O–H groups in total.